The Hall–Kier alpha value is -5.40. The molecule has 57 heavy (non-hydrogen) atoms. The van der Waals surface area contributed by atoms with Crippen molar-refractivity contribution in [1.29, 1.82) is 0 Å². The molecule has 0 saturated carbocycles. The first kappa shape index (κ1) is 42.7. The van der Waals surface area contributed by atoms with Gasteiger partial charge in [-0.25, -0.2) is 87.8 Å². The van der Waals surface area contributed by atoms with Crippen LogP contribution in [0.25, 0.3) is 44.5 Å². The first-order valence-electron chi connectivity index (χ1n) is 14.4. The molecule has 0 bridgehead atoms. The molecule has 5 aromatic rings. The van der Waals surface area contributed by atoms with E-state index in [1.54, 1.807) is 0 Å². The molecule has 0 radical (unpaired) electrons. The second-order valence-corrected chi connectivity index (χ2v) is 11.6. The summed E-state index contributed by atoms with van der Waals surface area (Å²) >= 11 is 0. The average molecular weight is 846 g/mol. The number of rotatable bonds is 7. The maximum absolute atomic E-state index is 15.9. The molecule has 0 aliphatic rings. The summed E-state index contributed by atoms with van der Waals surface area (Å²) in [7, 11) is -2.66. The highest BCUT2D eigenvalue weighted by molar-refractivity contribution is 6.32. The fourth-order valence-corrected chi connectivity index (χ4v) is 5.66. The van der Waals surface area contributed by atoms with E-state index in [0.29, 0.717) is 14.1 Å². The van der Waals surface area contributed by atoms with Crippen LogP contribution < -0.4 is 4.65 Å². The number of hydroxylamine groups is 2. The second kappa shape index (κ2) is 14.5. The van der Waals surface area contributed by atoms with Crippen molar-refractivity contribution < 1.29 is 103 Å². The van der Waals surface area contributed by atoms with Crippen LogP contribution in [0.2, 0.25) is 0 Å². The fourth-order valence-electron chi connectivity index (χ4n) is 5.66. The van der Waals surface area contributed by atoms with Crippen LogP contribution in [0, 0.1) is 116 Å². The number of nitrogens with zero attached hydrogens (tertiary/aromatic N) is 1. The van der Waals surface area contributed by atoms with Gasteiger partial charge in [-0.1, -0.05) is 0 Å². The molecule has 302 valence electrons. The highest BCUT2D eigenvalue weighted by atomic mass is 19.2. The van der Waals surface area contributed by atoms with E-state index in [0.717, 1.165) is 0 Å². The highest BCUT2D eigenvalue weighted by Crippen LogP contribution is 2.56. The van der Waals surface area contributed by atoms with Gasteiger partial charge in [0.2, 0.25) is 23.3 Å². The molecule has 0 aliphatic heterocycles. The zero-order chi connectivity index (χ0) is 43.2. The van der Waals surface area contributed by atoms with Crippen molar-refractivity contribution in [1.82, 2.24) is 4.65 Å². The normalized spacial score (nSPS) is 11.9. The molecule has 0 saturated heterocycles. The van der Waals surface area contributed by atoms with Gasteiger partial charge in [-0.15, -0.1) is 0 Å². The minimum Gasteiger partial charge on any atom is -0.399 e. The van der Waals surface area contributed by atoms with Crippen molar-refractivity contribution in [2.24, 2.45) is 0 Å². The van der Waals surface area contributed by atoms with E-state index in [9.17, 15) is 62.7 Å². The van der Waals surface area contributed by atoms with E-state index in [2.05, 4.69) is 4.76 Å². The van der Waals surface area contributed by atoms with E-state index in [1.165, 1.54) is 0 Å². The van der Waals surface area contributed by atoms with Gasteiger partial charge in [0.15, 0.2) is 98.8 Å². The van der Waals surface area contributed by atoms with Gasteiger partial charge in [-0.3, -0.25) is 0 Å². The van der Waals surface area contributed by atoms with E-state index in [4.69, 9.17) is 0 Å². The summed E-state index contributed by atoms with van der Waals surface area (Å²) < 4.78 is 304. The molecule has 0 unspecified atom stereocenters. The van der Waals surface area contributed by atoms with Crippen molar-refractivity contribution in [2.75, 3.05) is 14.1 Å². The minimum absolute atomic E-state index is 0.313. The Labute approximate surface area is 301 Å². The van der Waals surface area contributed by atoms with Crippen molar-refractivity contribution in [3.05, 3.63) is 122 Å². The van der Waals surface area contributed by atoms with Crippen LogP contribution in [0.1, 0.15) is 0 Å². The predicted octanol–water partition coefficient (Wildman–Crippen LogP) is 9.60. The highest BCUT2D eigenvalue weighted by Gasteiger charge is 2.44. The monoisotopic (exact) mass is 846 g/mol. The maximum atomic E-state index is 15.9. The molecule has 0 aromatic heterocycles. The first-order chi connectivity index (χ1) is 26.2. The smallest absolute Gasteiger partial charge is 0.399 e. The van der Waals surface area contributed by atoms with Crippen molar-refractivity contribution in [3.8, 4) is 44.5 Å². The van der Waals surface area contributed by atoms with Crippen LogP contribution in [0.3, 0.4) is 0 Å². The summed E-state index contributed by atoms with van der Waals surface area (Å²) in [5.74, 6) is -63.8. The third-order valence-electron chi connectivity index (χ3n) is 8.10. The van der Waals surface area contributed by atoms with Gasteiger partial charge in [0, 0.05) is 22.8 Å². The number of quaternary nitrogens is 1. The van der Waals surface area contributed by atoms with Crippen LogP contribution >= 0.6 is 0 Å². The Balaban J connectivity index is 2.41. The molecule has 0 heterocycles. The number of benzene rings is 5. The van der Waals surface area contributed by atoms with Gasteiger partial charge in [-0.2, -0.15) is 9.40 Å². The predicted molar refractivity (Wildman–Crippen MR) is 152 cm³/mol. The van der Waals surface area contributed by atoms with Crippen molar-refractivity contribution in [3.63, 3.8) is 0 Å². The lowest BCUT2D eigenvalue weighted by molar-refractivity contribution is -0.0404. The van der Waals surface area contributed by atoms with E-state index in [-0.39, 0.29) is 0 Å². The lowest BCUT2D eigenvalue weighted by Crippen LogP contribution is -2.46. The van der Waals surface area contributed by atoms with Gasteiger partial charge in [0.05, 0.1) is 27.8 Å². The summed E-state index contributed by atoms with van der Waals surface area (Å²) in [4.78, 5) is 0. The number of hydrogen-bond acceptors (Lipinski definition) is 3. The third kappa shape index (κ3) is 6.31. The topological polar surface area (TPSA) is 49.7 Å². The summed E-state index contributed by atoms with van der Waals surface area (Å²) in [6.45, 7) is 0. The van der Waals surface area contributed by atoms with Gasteiger partial charge in [0.25, 0.3) is 0 Å². The number of hydrogen-bond donors (Lipinski definition) is 2. The summed E-state index contributed by atoms with van der Waals surface area (Å²) in [6.07, 6.45) is 0. The van der Waals surface area contributed by atoms with E-state index in [1.807, 2.05) is 0 Å². The van der Waals surface area contributed by atoms with Crippen LogP contribution in [0.15, 0.2) is 6.07 Å². The average Bonchev–Trinajstić information content (AvgIpc) is 3.15. The van der Waals surface area contributed by atoms with Gasteiger partial charge < -0.3 is 10.0 Å². The molecule has 5 aromatic carbocycles. The molecule has 25 heteroatoms. The summed E-state index contributed by atoms with van der Waals surface area (Å²) in [6, 6.07) is -0.447. The fraction of sp³-hybridized carbons (Fsp3) is 0.0625. The van der Waals surface area contributed by atoms with Gasteiger partial charge in [-0.05, 0) is 0 Å². The second-order valence-electron chi connectivity index (χ2n) is 11.6. The molecule has 0 amide bonds. The molecular weight excluding hydrogens is 837 g/mol. The Morgan fingerprint density at radius 3 is 0.842 bits per heavy atom. The quantitative estimate of drug-likeness (QED) is 0.0429. The zero-order valence-electron chi connectivity index (χ0n) is 27.0. The SMILES string of the molecule is C[N+](C)(OB(O)O)c1cc(-c2c(F)c(F)c(F)c(F)c2F)c(-c2c(F)c(F)c(F)c(F)c2F)c(-c2c(F)c(F)c(F)c(F)c2F)c1-c1c(F)c(F)c(F)c(F)c1F. The molecule has 5 rings (SSSR count). The Kier molecular flexibility index (Phi) is 10.9. The van der Waals surface area contributed by atoms with Gasteiger partial charge in [0.1, 0.15) is 14.1 Å². The minimum atomic E-state index is -3.31. The van der Waals surface area contributed by atoms with E-state index >= 15 is 35.1 Å². The van der Waals surface area contributed by atoms with Crippen LogP contribution in [-0.4, -0.2) is 31.5 Å². The lowest BCUT2D eigenvalue weighted by atomic mass is 9.80. The molecular formula is C32H9BF20NO3+. The zero-order valence-corrected chi connectivity index (χ0v) is 27.0. The Bertz CT molecular complexity index is 2470. The lowest BCUT2D eigenvalue weighted by Gasteiger charge is -2.32. The van der Waals surface area contributed by atoms with Crippen LogP contribution in [0.5, 0.6) is 0 Å². The third-order valence-corrected chi connectivity index (χ3v) is 8.10. The van der Waals surface area contributed by atoms with Gasteiger partial charge >= 0.3 is 7.32 Å². The van der Waals surface area contributed by atoms with Crippen LogP contribution in [0.4, 0.5) is 93.5 Å². The molecule has 0 aliphatic carbocycles. The van der Waals surface area contributed by atoms with Crippen LogP contribution in [-0.2, 0) is 4.76 Å². The number of halogens is 20. The standard InChI is InChI=1S/C32H9BF20NO3/c1-54(2,57-33(55)56)5-3-4(7-13(34)21(42)29(50)22(43)14(7)35)6(10-15(36)23(44)30(51)24(45)16(10)37)9(12-19(40)27(48)32(53)28(49)20(12)41)8(5)11-17(38)25(46)31(52)26(47)18(11)39/h3,55-56H,1-2H3/q+1. The molecule has 0 spiro atoms. The largest absolute Gasteiger partial charge is 0.685 e. The molecule has 4 nitrogen and oxygen atoms in total. The van der Waals surface area contributed by atoms with Crippen molar-refractivity contribution >= 4 is 13.0 Å². The Morgan fingerprint density at radius 2 is 0.561 bits per heavy atom. The molecule has 0 atom stereocenters. The van der Waals surface area contributed by atoms with Crippen molar-refractivity contribution in [2.45, 2.75) is 0 Å². The summed E-state index contributed by atoms with van der Waals surface area (Å²) in [5.41, 5.74) is -23.5. The Morgan fingerprint density at radius 1 is 0.333 bits per heavy atom. The summed E-state index contributed by atoms with van der Waals surface area (Å²) in [5, 5.41) is 19.1. The molecule has 2 N–H and O–H groups in total. The maximum Gasteiger partial charge on any atom is 0.685 e. The van der Waals surface area contributed by atoms with E-state index < -0.39 is 185 Å². The first-order valence-corrected chi connectivity index (χ1v) is 14.4. The molecule has 0 fully saturated rings.